The number of hydrogen-bond acceptors (Lipinski definition) is 4. The van der Waals surface area contributed by atoms with Crippen LogP contribution < -0.4 is 10.5 Å². The standard InChI is InChI=1S/C19H23NO3/c1-4-23-19(21)12-18(20)15-9-8-13(2)17(11-15)14-6-5-7-16(10-14)22-3/h5-11,18H,4,12,20H2,1-3H3. The molecule has 0 saturated heterocycles. The van der Waals surface area contributed by atoms with Gasteiger partial charge in [-0.25, -0.2) is 0 Å². The van der Waals surface area contributed by atoms with Crippen LogP contribution in [0, 0.1) is 6.92 Å². The van der Waals surface area contributed by atoms with Crippen molar-refractivity contribution in [3.05, 3.63) is 53.6 Å². The molecule has 0 radical (unpaired) electrons. The van der Waals surface area contributed by atoms with Crippen molar-refractivity contribution in [1.29, 1.82) is 0 Å². The highest BCUT2D eigenvalue weighted by Crippen LogP contribution is 2.29. The second-order valence-electron chi connectivity index (χ2n) is 5.42. The van der Waals surface area contributed by atoms with E-state index in [-0.39, 0.29) is 18.4 Å². The van der Waals surface area contributed by atoms with Crippen molar-refractivity contribution in [1.82, 2.24) is 0 Å². The molecule has 0 spiro atoms. The summed E-state index contributed by atoms with van der Waals surface area (Å²) in [7, 11) is 1.65. The second-order valence-corrected chi connectivity index (χ2v) is 5.42. The SMILES string of the molecule is CCOC(=O)CC(N)c1ccc(C)c(-c2cccc(OC)c2)c1. The van der Waals surface area contributed by atoms with E-state index in [0.29, 0.717) is 6.61 Å². The van der Waals surface area contributed by atoms with Crippen molar-refractivity contribution in [3.63, 3.8) is 0 Å². The third-order valence-electron chi connectivity index (χ3n) is 3.76. The fraction of sp³-hybridized carbons (Fsp3) is 0.316. The molecule has 4 nitrogen and oxygen atoms in total. The maximum atomic E-state index is 11.6. The lowest BCUT2D eigenvalue weighted by atomic mass is 9.94. The first-order valence-corrected chi connectivity index (χ1v) is 7.71. The zero-order valence-corrected chi connectivity index (χ0v) is 13.8. The van der Waals surface area contributed by atoms with Crippen LogP contribution in [0.3, 0.4) is 0 Å². The molecule has 0 fully saturated rings. The predicted octanol–water partition coefficient (Wildman–Crippen LogP) is 3.62. The van der Waals surface area contributed by atoms with Crippen molar-refractivity contribution in [2.45, 2.75) is 26.3 Å². The lowest BCUT2D eigenvalue weighted by Crippen LogP contribution is -2.17. The number of hydrogen-bond donors (Lipinski definition) is 1. The fourth-order valence-corrected chi connectivity index (χ4v) is 2.49. The van der Waals surface area contributed by atoms with E-state index in [2.05, 4.69) is 6.92 Å². The van der Waals surface area contributed by atoms with Crippen LogP contribution in [0.1, 0.15) is 30.5 Å². The predicted molar refractivity (Wildman–Crippen MR) is 91.3 cm³/mol. The third-order valence-corrected chi connectivity index (χ3v) is 3.76. The first-order chi connectivity index (χ1) is 11.0. The Morgan fingerprint density at radius 2 is 2.00 bits per heavy atom. The van der Waals surface area contributed by atoms with Gasteiger partial charge in [-0.1, -0.05) is 24.3 Å². The summed E-state index contributed by atoms with van der Waals surface area (Å²) in [6.07, 6.45) is 0.175. The number of benzene rings is 2. The van der Waals surface area contributed by atoms with Crippen LogP contribution in [0.4, 0.5) is 0 Å². The molecule has 1 atom stereocenters. The van der Waals surface area contributed by atoms with Crippen LogP contribution in [0.2, 0.25) is 0 Å². The van der Waals surface area contributed by atoms with Gasteiger partial charge in [-0.15, -0.1) is 0 Å². The van der Waals surface area contributed by atoms with Gasteiger partial charge in [0.25, 0.3) is 0 Å². The minimum Gasteiger partial charge on any atom is -0.497 e. The number of rotatable bonds is 6. The topological polar surface area (TPSA) is 61.5 Å². The molecule has 122 valence electrons. The Bertz CT molecular complexity index is 682. The number of aryl methyl sites for hydroxylation is 1. The Kier molecular flexibility index (Phi) is 5.77. The third kappa shape index (κ3) is 4.33. The van der Waals surface area contributed by atoms with Crippen LogP contribution in [0.15, 0.2) is 42.5 Å². The average molecular weight is 313 g/mol. The van der Waals surface area contributed by atoms with Gasteiger partial charge in [0.2, 0.25) is 0 Å². The maximum absolute atomic E-state index is 11.6. The summed E-state index contributed by atoms with van der Waals surface area (Å²) in [6, 6.07) is 13.5. The molecule has 4 heteroatoms. The van der Waals surface area contributed by atoms with Crippen molar-refractivity contribution < 1.29 is 14.3 Å². The van der Waals surface area contributed by atoms with Crippen LogP contribution in [-0.2, 0) is 9.53 Å². The van der Waals surface area contributed by atoms with Crippen molar-refractivity contribution in [2.75, 3.05) is 13.7 Å². The Hall–Kier alpha value is -2.33. The molecule has 0 heterocycles. The van der Waals surface area contributed by atoms with Crippen LogP contribution >= 0.6 is 0 Å². The maximum Gasteiger partial charge on any atom is 0.307 e. The Balaban J connectivity index is 2.29. The van der Waals surface area contributed by atoms with Gasteiger partial charge in [0.1, 0.15) is 5.75 Å². The number of esters is 1. The molecule has 1 unspecified atom stereocenters. The number of carbonyl (C=O) groups excluding carboxylic acids is 1. The number of ether oxygens (including phenoxy) is 2. The molecule has 0 aliphatic rings. The van der Waals surface area contributed by atoms with Gasteiger partial charge in [-0.05, 0) is 54.3 Å². The summed E-state index contributed by atoms with van der Waals surface area (Å²) >= 11 is 0. The van der Waals surface area contributed by atoms with E-state index in [0.717, 1.165) is 28.0 Å². The van der Waals surface area contributed by atoms with Gasteiger partial charge in [0.05, 0.1) is 20.1 Å². The van der Waals surface area contributed by atoms with E-state index in [1.54, 1.807) is 14.0 Å². The number of methoxy groups -OCH3 is 1. The summed E-state index contributed by atoms with van der Waals surface area (Å²) < 4.78 is 10.3. The summed E-state index contributed by atoms with van der Waals surface area (Å²) in [6.45, 7) is 4.21. The van der Waals surface area contributed by atoms with Crippen molar-refractivity contribution in [3.8, 4) is 16.9 Å². The van der Waals surface area contributed by atoms with Gasteiger partial charge in [-0.3, -0.25) is 4.79 Å². The molecule has 0 aliphatic heterocycles. The Morgan fingerprint density at radius 3 is 2.70 bits per heavy atom. The van der Waals surface area contributed by atoms with E-state index in [1.165, 1.54) is 0 Å². The molecular formula is C19H23NO3. The minimum absolute atomic E-state index is 0.175. The molecule has 0 saturated carbocycles. The summed E-state index contributed by atoms with van der Waals surface area (Å²) in [5.74, 6) is 0.534. The Morgan fingerprint density at radius 1 is 1.22 bits per heavy atom. The molecule has 0 bridgehead atoms. The molecule has 2 aromatic carbocycles. The normalized spacial score (nSPS) is 11.8. The van der Waals surface area contributed by atoms with Gasteiger partial charge in [-0.2, -0.15) is 0 Å². The fourth-order valence-electron chi connectivity index (χ4n) is 2.49. The van der Waals surface area contributed by atoms with E-state index in [9.17, 15) is 4.79 Å². The van der Waals surface area contributed by atoms with E-state index < -0.39 is 0 Å². The molecular weight excluding hydrogens is 290 g/mol. The highest BCUT2D eigenvalue weighted by Gasteiger charge is 2.14. The summed E-state index contributed by atoms with van der Waals surface area (Å²) in [5.41, 5.74) is 10.4. The highest BCUT2D eigenvalue weighted by molar-refractivity contribution is 5.72. The number of carbonyl (C=O) groups is 1. The van der Waals surface area contributed by atoms with Gasteiger partial charge < -0.3 is 15.2 Å². The zero-order valence-electron chi connectivity index (χ0n) is 13.8. The molecule has 2 N–H and O–H groups in total. The first-order valence-electron chi connectivity index (χ1n) is 7.71. The average Bonchev–Trinajstić information content (AvgIpc) is 2.55. The Labute approximate surface area is 137 Å². The molecule has 0 aliphatic carbocycles. The molecule has 0 amide bonds. The van der Waals surface area contributed by atoms with Crippen molar-refractivity contribution in [2.24, 2.45) is 5.73 Å². The van der Waals surface area contributed by atoms with Gasteiger partial charge in [0.15, 0.2) is 0 Å². The lowest BCUT2D eigenvalue weighted by molar-refractivity contribution is -0.143. The quantitative estimate of drug-likeness (QED) is 0.827. The van der Waals surface area contributed by atoms with Gasteiger partial charge in [0, 0.05) is 6.04 Å². The lowest BCUT2D eigenvalue weighted by Gasteiger charge is -2.15. The molecule has 2 aromatic rings. The minimum atomic E-state index is -0.376. The number of nitrogens with two attached hydrogens (primary N) is 1. The first kappa shape index (κ1) is 17.0. The van der Waals surface area contributed by atoms with E-state index >= 15 is 0 Å². The smallest absolute Gasteiger partial charge is 0.307 e. The second kappa shape index (κ2) is 7.79. The largest absolute Gasteiger partial charge is 0.497 e. The summed E-state index contributed by atoms with van der Waals surface area (Å²) in [4.78, 5) is 11.6. The monoisotopic (exact) mass is 313 g/mol. The van der Waals surface area contributed by atoms with Gasteiger partial charge >= 0.3 is 5.97 Å². The van der Waals surface area contributed by atoms with Crippen LogP contribution in [0.25, 0.3) is 11.1 Å². The molecule has 23 heavy (non-hydrogen) atoms. The van der Waals surface area contributed by atoms with Crippen LogP contribution in [0.5, 0.6) is 5.75 Å². The van der Waals surface area contributed by atoms with Crippen molar-refractivity contribution >= 4 is 5.97 Å². The summed E-state index contributed by atoms with van der Waals surface area (Å²) in [5, 5.41) is 0. The molecule has 2 rings (SSSR count). The molecule has 0 aromatic heterocycles. The van der Waals surface area contributed by atoms with E-state index in [4.69, 9.17) is 15.2 Å². The van der Waals surface area contributed by atoms with E-state index in [1.807, 2.05) is 42.5 Å². The zero-order chi connectivity index (χ0) is 16.8. The van der Waals surface area contributed by atoms with Crippen LogP contribution in [-0.4, -0.2) is 19.7 Å². The highest BCUT2D eigenvalue weighted by atomic mass is 16.5.